The summed E-state index contributed by atoms with van der Waals surface area (Å²) in [5.74, 6) is 0. The molecule has 1 aromatic rings. The Bertz CT molecular complexity index is 391. The molecule has 0 aromatic carbocycles. The molecule has 0 saturated heterocycles. The first-order chi connectivity index (χ1) is 5.46. The van der Waals surface area contributed by atoms with Crippen molar-refractivity contribution in [1.29, 1.82) is 0 Å². The molecule has 0 atom stereocenters. The SMILES string of the molecule is O=c1n(Cl)c(=O)n(Cl)c(=O)n1Cl.[H-].[K+]. The van der Waals surface area contributed by atoms with Crippen molar-refractivity contribution < 1.29 is 52.8 Å². The van der Waals surface area contributed by atoms with Crippen LogP contribution in [0.1, 0.15) is 1.43 Å². The number of nitrogens with zero attached hydrogens (tertiary/aromatic N) is 3. The maximum Gasteiger partial charge on any atom is 1.00 e. The first-order valence-corrected chi connectivity index (χ1v) is 3.48. The van der Waals surface area contributed by atoms with E-state index < -0.39 is 17.1 Å². The molecule has 1 rings (SSSR count). The number of rotatable bonds is 0. The molecule has 6 nitrogen and oxygen atoms in total. The van der Waals surface area contributed by atoms with Crippen molar-refractivity contribution in [2.75, 3.05) is 0 Å². The number of hydrogen-bond acceptors (Lipinski definition) is 3. The van der Waals surface area contributed by atoms with E-state index >= 15 is 0 Å². The fourth-order valence-corrected chi connectivity index (χ4v) is 1.05. The quantitative estimate of drug-likeness (QED) is 0.457. The summed E-state index contributed by atoms with van der Waals surface area (Å²) in [5, 5.41) is 0. The zero-order valence-corrected chi connectivity index (χ0v) is 11.6. The minimum Gasteiger partial charge on any atom is -1.00 e. The van der Waals surface area contributed by atoms with Gasteiger partial charge in [0.05, 0.1) is 0 Å². The molecule has 0 aliphatic carbocycles. The van der Waals surface area contributed by atoms with Crippen LogP contribution in [-0.2, 0) is 0 Å². The molecule has 1 aromatic heterocycles. The van der Waals surface area contributed by atoms with Gasteiger partial charge in [-0.05, 0) is 0 Å². The molecule has 0 unspecified atom stereocenters. The standard InChI is InChI=1S/C3Cl3N3O3.K.H/c4-7-1(10)8(5)3(12)9(6)2(7)11;;/q;+1;-1. The van der Waals surface area contributed by atoms with Gasteiger partial charge >= 0.3 is 68.5 Å². The molecule has 0 fully saturated rings. The molecule has 0 amide bonds. The maximum atomic E-state index is 10.8. The predicted molar refractivity (Wildman–Crippen MR) is 44.1 cm³/mol. The summed E-state index contributed by atoms with van der Waals surface area (Å²) in [6.45, 7) is 0. The first kappa shape index (κ1) is 13.9. The smallest absolute Gasteiger partial charge is 1.00 e. The van der Waals surface area contributed by atoms with Crippen molar-refractivity contribution in [2.45, 2.75) is 0 Å². The van der Waals surface area contributed by atoms with Gasteiger partial charge in [0.25, 0.3) is 0 Å². The van der Waals surface area contributed by atoms with E-state index in [4.69, 9.17) is 35.3 Å². The van der Waals surface area contributed by atoms with Crippen molar-refractivity contribution in [2.24, 2.45) is 0 Å². The fraction of sp³-hybridized carbons (Fsp3) is 0. The van der Waals surface area contributed by atoms with E-state index in [1.807, 2.05) is 0 Å². The average molecular weight is 273 g/mol. The van der Waals surface area contributed by atoms with Crippen LogP contribution in [0.4, 0.5) is 0 Å². The van der Waals surface area contributed by atoms with Crippen LogP contribution in [0.25, 0.3) is 0 Å². The van der Waals surface area contributed by atoms with Gasteiger partial charge in [0.2, 0.25) is 0 Å². The summed E-state index contributed by atoms with van der Waals surface area (Å²) in [7, 11) is 0. The zero-order valence-electron chi connectivity index (χ0n) is 7.20. The van der Waals surface area contributed by atoms with E-state index in [0.717, 1.165) is 0 Å². The Balaban J connectivity index is 0. The van der Waals surface area contributed by atoms with Crippen LogP contribution in [-0.4, -0.2) is 12.3 Å². The van der Waals surface area contributed by atoms with Crippen LogP contribution in [0.5, 0.6) is 0 Å². The van der Waals surface area contributed by atoms with E-state index in [2.05, 4.69) is 0 Å². The Morgan fingerprint density at radius 1 is 0.769 bits per heavy atom. The molecule has 1 heterocycles. The van der Waals surface area contributed by atoms with Crippen molar-refractivity contribution >= 4 is 35.3 Å². The summed E-state index contributed by atoms with van der Waals surface area (Å²) < 4.78 is 0.254. The van der Waals surface area contributed by atoms with Gasteiger partial charge in [-0.1, -0.05) is 0 Å². The third-order valence-corrected chi connectivity index (χ3v) is 1.88. The summed E-state index contributed by atoms with van der Waals surface area (Å²) in [5.41, 5.74) is -3.49. The Hall–Kier alpha value is 0.916. The van der Waals surface area contributed by atoms with Gasteiger partial charge in [-0.2, -0.15) is 0 Å². The van der Waals surface area contributed by atoms with E-state index in [9.17, 15) is 14.4 Å². The van der Waals surface area contributed by atoms with E-state index in [1.165, 1.54) is 0 Å². The molecule has 10 heteroatoms. The van der Waals surface area contributed by atoms with Crippen molar-refractivity contribution in [3.05, 3.63) is 31.5 Å². The van der Waals surface area contributed by atoms with Crippen LogP contribution >= 0.6 is 35.3 Å². The van der Waals surface area contributed by atoms with E-state index in [1.54, 1.807) is 0 Å². The van der Waals surface area contributed by atoms with E-state index in [0.29, 0.717) is 0 Å². The van der Waals surface area contributed by atoms with Gasteiger partial charge in [0.1, 0.15) is 0 Å². The van der Waals surface area contributed by atoms with Gasteiger partial charge in [-0.15, -0.1) is 12.3 Å². The molecule has 13 heavy (non-hydrogen) atoms. The van der Waals surface area contributed by atoms with Crippen LogP contribution in [0.2, 0.25) is 0 Å². The summed E-state index contributed by atoms with van der Waals surface area (Å²) >= 11 is 15.3. The monoisotopic (exact) mass is 271 g/mol. The largest absolute Gasteiger partial charge is 1.00 e. The molecule has 68 valence electrons. The minimum atomic E-state index is -1.16. The molecule has 0 spiro atoms. The Labute approximate surface area is 130 Å². The first-order valence-electron chi connectivity index (χ1n) is 2.46. The van der Waals surface area contributed by atoms with Crippen LogP contribution in [0.15, 0.2) is 14.4 Å². The van der Waals surface area contributed by atoms with Gasteiger partial charge in [0, 0.05) is 35.3 Å². The topological polar surface area (TPSA) is 66.0 Å². The molecular weight excluding hydrogens is 272 g/mol. The van der Waals surface area contributed by atoms with Gasteiger partial charge in [-0.3, -0.25) is 0 Å². The van der Waals surface area contributed by atoms with Crippen LogP contribution in [0, 0.1) is 0 Å². The van der Waals surface area contributed by atoms with Crippen LogP contribution < -0.4 is 68.5 Å². The molecule has 0 bridgehead atoms. The molecule has 0 saturated carbocycles. The number of hydrogen-bond donors (Lipinski definition) is 0. The van der Waals surface area contributed by atoms with Crippen molar-refractivity contribution in [3.63, 3.8) is 0 Å². The third-order valence-electron chi connectivity index (χ3n) is 1.01. The predicted octanol–water partition coefficient (Wildman–Crippen LogP) is -3.71. The molecule has 0 aliphatic rings. The third kappa shape index (κ3) is 2.48. The number of halogens is 3. The second-order valence-corrected chi connectivity index (χ2v) is 2.70. The summed E-state index contributed by atoms with van der Waals surface area (Å²) in [6.07, 6.45) is 0. The maximum absolute atomic E-state index is 10.8. The fourth-order valence-electron chi connectivity index (χ4n) is 0.477. The molecule has 0 radical (unpaired) electrons. The Morgan fingerprint density at radius 2 is 0.923 bits per heavy atom. The zero-order chi connectivity index (χ0) is 9.46. The van der Waals surface area contributed by atoms with E-state index in [-0.39, 0.29) is 65.1 Å². The van der Waals surface area contributed by atoms with Gasteiger partial charge in [0.15, 0.2) is 0 Å². The Morgan fingerprint density at radius 3 is 1.08 bits per heavy atom. The average Bonchev–Trinajstić information content (AvgIpc) is 2.08. The van der Waals surface area contributed by atoms with Gasteiger partial charge in [-0.25, -0.2) is 14.4 Å². The minimum absolute atomic E-state index is 0. The Kier molecular flexibility index (Phi) is 5.49. The van der Waals surface area contributed by atoms with Crippen molar-refractivity contribution in [1.82, 2.24) is 12.3 Å². The normalized spacial score (nSPS) is 9.46. The van der Waals surface area contributed by atoms with Gasteiger partial charge < -0.3 is 1.43 Å². The second kappa shape index (κ2) is 5.13. The molecule has 0 aliphatic heterocycles. The summed E-state index contributed by atoms with van der Waals surface area (Å²) in [6, 6.07) is 0. The second-order valence-electron chi connectivity index (χ2n) is 1.69. The molecular formula is C3HCl3KN3O3. The van der Waals surface area contributed by atoms with Crippen molar-refractivity contribution in [3.8, 4) is 0 Å². The summed E-state index contributed by atoms with van der Waals surface area (Å²) in [4.78, 5) is 32.3. The van der Waals surface area contributed by atoms with Crippen LogP contribution in [0.3, 0.4) is 0 Å². The molecule has 0 N–H and O–H groups in total. The number of aromatic nitrogens is 3.